The summed E-state index contributed by atoms with van der Waals surface area (Å²) < 4.78 is 0. The van der Waals surface area contributed by atoms with Gasteiger partial charge in [-0.25, -0.2) is 0 Å². The lowest BCUT2D eigenvalue weighted by Crippen LogP contribution is -2.04. The minimum atomic E-state index is 0.225. The lowest BCUT2D eigenvalue weighted by molar-refractivity contribution is -0.119. The molecule has 1 heteroatoms. The minimum absolute atomic E-state index is 0.225. The van der Waals surface area contributed by atoms with Crippen molar-refractivity contribution < 1.29 is 4.79 Å². The van der Waals surface area contributed by atoms with Gasteiger partial charge in [0.15, 0.2) is 0 Å². The molecule has 1 aliphatic carbocycles. The molecule has 0 unspecified atom stereocenters. The van der Waals surface area contributed by atoms with Crippen LogP contribution in [0.4, 0.5) is 0 Å². The summed E-state index contributed by atoms with van der Waals surface area (Å²) in [5.74, 6) is 2.59. The van der Waals surface area contributed by atoms with E-state index in [1.54, 1.807) is 0 Å². The van der Waals surface area contributed by atoms with Gasteiger partial charge in [-0.3, -0.25) is 4.79 Å². The second kappa shape index (κ2) is 2.46. The van der Waals surface area contributed by atoms with Crippen LogP contribution in [0.1, 0.15) is 32.6 Å². The van der Waals surface area contributed by atoms with E-state index in [0.29, 0.717) is 18.3 Å². The first-order chi connectivity index (χ1) is 4.66. The van der Waals surface area contributed by atoms with Crippen molar-refractivity contribution in [3.05, 3.63) is 0 Å². The van der Waals surface area contributed by atoms with Crippen LogP contribution in [-0.4, -0.2) is 5.78 Å². The second-order valence-electron chi connectivity index (χ2n) is 3.41. The van der Waals surface area contributed by atoms with Crippen molar-refractivity contribution in [1.82, 2.24) is 0 Å². The molecule has 0 saturated heterocycles. The molecule has 0 amide bonds. The molecule has 1 saturated carbocycles. The third kappa shape index (κ3) is 1.88. The predicted molar refractivity (Wildman–Crippen MR) is 40.4 cm³/mol. The van der Waals surface area contributed by atoms with Gasteiger partial charge >= 0.3 is 0 Å². The molecule has 1 fully saturated rings. The largest absolute Gasteiger partial charge is 0.299 e. The maximum atomic E-state index is 11.0. The Bertz CT molecular complexity index is 181. The molecule has 1 nitrogen and oxygen atoms in total. The molecule has 0 aromatic rings. The summed E-state index contributed by atoms with van der Waals surface area (Å²) in [5.41, 5.74) is 0.327. The van der Waals surface area contributed by atoms with Gasteiger partial charge < -0.3 is 0 Å². The van der Waals surface area contributed by atoms with Crippen LogP contribution < -0.4 is 0 Å². The quantitative estimate of drug-likeness (QED) is 0.540. The summed E-state index contributed by atoms with van der Waals surface area (Å²) in [6, 6.07) is 0. The lowest BCUT2D eigenvalue weighted by atomic mass is 10.0. The molecule has 1 aliphatic rings. The van der Waals surface area contributed by atoms with E-state index in [2.05, 4.69) is 12.8 Å². The summed E-state index contributed by atoms with van der Waals surface area (Å²) in [6.07, 6.45) is 8.40. The number of terminal acetylenes is 1. The molecule has 0 radical (unpaired) electrons. The van der Waals surface area contributed by atoms with Crippen LogP contribution in [0.25, 0.3) is 0 Å². The van der Waals surface area contributed by atoms with Crippen molar-refractivity contribution in [1.29, 1.82) is 0 Å². The Labute approximate surface area is 61.8 Å². The summed E-state index contributed by atoms with van der Waals surface area (Å²) >= 11 is 0. The highest BCUT2D eigenvalue weighted by molar-refractivity contribution is 5.81. The fourth-order valence-corrected chi connectivity index (χ4v) is 1.04. The zero-order valence-electron chi connectivity index (χ0n) is 6.31. The van der Waals surface area contributed by atoms with Gasteiger partial charge in [0.2, 0.25) is 0 Å². The van der Waals surface area contributed by atoms with Crippen molar-refractivity contribution in [2.75, 3.05) is 0 Å². The minimum Gasteiger partial charge on any atom is -0.299 e. The van der Waals surface area contributed by atoms with Gasteiger partial charge in [0.05, 0.1) is 6.42 Å². The SMILES string of the molecule is C#CCC(=O)CC1(C)CC1. The number of rotatable bonds is 3. The van der Waals surface area contributed by atoms with Crippen LogP contribution in [0.2, 0.25) is 0 Å². The number of hydrogen-bond acceptors (Lipinski definition) is 1. The van der Waals surface area contributed by atoms with Gasteiger partial charge in [-0.05, 0) is 18.3 Å². The molecule has 0 spiro atoms. The van der Waals surface area contributed by atoms with Gasteiger partial charge in [-0.1, -0.05) is 12.8 Å². The number of hydrogen-bond donors (Lipinski definition) is 0. The van der Waals surface area contributed by atoms with E-state index in [1.165, 1.54) is 12.8 Å². The molecule has 0 aromatic heterocycles. The standard InChI is InChI=1S/C9H12O/c1-3-4-8(10)7-9(2)5-6-9/h1H,4-7H2,2H3. The average molecular weight is 136 g/mol. The normalized spacial score (nSPS) is 19.6. The van der Waals surface area contributed by atoms with E-state index >= 15 is 0 Å². The molecule has 0 N–H and O–H groups in total. The number of Topliss-reactive ketones (excluding diaryl/α,β-unsaturated/α-hetero) is 1. The topological polar surface area (TPSA) is 17.1 Å². The Morgan fingerprint density at radius 1 is 1.70 bits per heavy atom. The van der Waals surface area contributed by atoms with Crippen molar-refractivity contribution in [3.63, 3.8) is 0 Å². The first-order valence-electron chi connectivity index (χ1n) is 3.61. The van der Waals surface area contributed by atoms with Crippen LogP contribution in [0.5, 0.6) is 0 Å². The second-order valence-corrected chi connectivity index (χ2v) is 3.41. The number of ketones is 1. The van der Waals surface area contributed by atoms with Crippen molar-refractivity contribution in [3.8, 4) is 12.3 Å². The Kier molecular flexibility index (Phi) is 1.80. The molecule has 0 bridgehead atoms. The predicted octanol–water partition coefficient (Wildman–Crippen LogP) is 1.77. The number of carbonyl (C=O) groups is 1. The van der Waals surface area contributed by atoms with E-state index in [-0.39, 0.29) is 5.78 Å². The third-order valence-electron chi connectivity index (χ3n) is 2.03. The van der Waals surface area contributed by atoms with E-state index in [0.717, 1.165) is 0 Å². The third-order valence-corrected chi connectivity index (χ3v) is 2.03. The maximum absolute atomic E-state index is 11.0. The zero-order chi connectivity index (χ0) is 7.61. The first-order valence-corrected chi connectivity index (χ1v) is 3.61. The fourth-order valence-electron chi connectivity index (χ4n) is 1.04. The van der Waals surface area contributed by atoms with E-state index < -0.39 is 0 Å². The molecular weight excluding hydrogens is 124 g/mol. The molecular formula is C9H12O. The van der Waals surface area contributed by atoms with Crippen LogP contribution >= 0.6 is 0 Å². The van der Waals surface area contributed by atoms with Crippen molar-refractivity contribution in [2.24, 2.45) is 5.41 Å². The van der Waals surface area contributed by atoms with E-state index in [1.807, 2.05) is 0 Å². The van der Waals surface area contributed by atoms with Crippen LogP contribution in [0.3, 0.4) is 0 Å². The molecule has 1 rings (SSSR count). The van der Waals surface area contributed by atoms with Gasteiger partial charge in [0.25, 0.3) is 0 Å². The smallest absolute Gasteiger partial charge is 0.145 e. The average Bonchev–Trinajstić information content (AvgIpc) is 2.48. The zero-order valence-corrected chi connectivity index (χ0v) is 6.31. The Morgan fingerprint density at radius 3 is 2.70 bits per heavy atom. The van der Waals surface area contributed by atoms with Gasteiger partial charge in [-0.15, -0.1) is 6.42 Å². The molecule has 0 heterocycles. The molecule has 10 heavy (non-hydrogen) atoms. The van der Waals surface area contributed by atoms with Crippen LogP contribution in [0.15, 0.2) is 0 Å². The monoisotopic (exact) mass is 136 g/mol. The van der Waals surface area contributed by atoms with Crippen molar-refractivity contribution in [2.45, 2.75) is 32.6 Å². The molecule has 0 aromatic carbocycles. The Morgan fingerprint density at radius 2 is 2.30 bits per heavy atom. The highest BCUT2D eigenvalue weighted by atomic mass is 16.1. The summed E-state index contributed by atoms with van der Waals surface area (Å²) in [6.45, 7) is 2.14. The van der Waals surface area contributed by atoms with Gasteiger partial charge in [0.1, 0.15) is 5.78 Å². The van der Waals surface area contributed by atoms with Crippen LogP contribution in [-0.2, 0) is 4.79 Å². The lowest BCUT2D eigenvalue weighted by Gasteiger charge is -2.02. The summed E-state index contributed by atoms with van der Waals surface area (Å²) in [4.78, 5) is 11.0. The Hall–Kier alpha value is -0.770. The summed E-state index contributed by atoms with van der Waals surface area (Å²) in [7, 11) is 0. The maximum Gasteiger partial charge on any atom is 0.145 e. The highest BCUT2D eigenvalue weighted by Gasteiger charge is 2.38. The summed E-state index contributed by atoms with van der Waals surface area (Å²) in [5, 5.41) is 0. The molecule has 0 aliphatic heterocycles. The fraction of sp³-hybridized carbons (Fsp3) is 0.667. The van der Waals surface area contributed by atoms with E-state index in [9.17, 15) is 4.79 Å². The molecule has 54 valence electrons. The number of carbonyl (C=O) groups excluding carboxylic acids is 1. The Balaban J connectivity index is 2.26. The highest BCUT2D eigenvalue weighted by Crippen LogP contribution is 2.48. The van der Waals surface area contributed by atoms with Gasteiger partial charge in [-0.2, -0.15) is 0 Å². The first kappa shape index (κ1) is 7.34. The van der Waals surface area contributed by atoms with Gasteiger partial charge in [0, 0.05) is 6.42 Å². The molecule has 0 atom stereocenters. The van der Waals surface area contributed by atoms with Crippen molar-refractivity contribution >= 4 is 5.78 Å². The van der Waals surface area contributed by atoms with E-state index in [4.69, 9.17) is 6.42 Å². The van der Waals surface area contributed by atoms with Crippen LogP contribution in [0, 0.1) is 17.8 Å².